The first-order valence-corrected chi connectivity index (χ1v) is 16.7. The molecular weight excluding hydrogens is 634 g/mol. The van der Waals surface area contributed by atoms with Crippen LogP contribution in [0.15, 0.2) is 103 Å². The Hall–Kier alpha value is -5.97. The molecule has 258 valence electrons. The molecule has 0 fully saturated rings. The fraction of sp³-hybridized carbons (Fsp3) is 0.256. The second-order valence-corrected chi connectivity index (χ2v) is 12.2. The quantitative estimate of drug-likeness (QED) is 0.0876. The van der Waals surface area contributed by atoms with Gasteiger partial charge in [0.25, 0.3) is 0 Å². The zero-order valence-electron chi connectivity index (χ0n) is 27.6. The molecule has 0 aliphatic heterocycles. The summed E-state index contributed by atoms with van der Waals surface area (Å²) in [5.74, 6) is -3.42. The van der Waals surface area contributed by atoms with Crippen molar-refractivity contribution < 1.29 is 29.1 Å². The molecule has 1 heterocycles. The second-order valence-electron chi connectivity index (χ2n) is 12.2. The summed E-state index contributed by atoms with van der Waals surface area (Å²) in [5, 5.41) is 23.3. The Balaban J connectivity index is 1.16. The van der Waals surface area contributed by atoms with E-state index < -0.39 is 42.2 Å². The predicted octanol–water partition coefficient (Wildman–Crippen LogP) is 3.81. The molecule has 4 aromatic carbocycles. The monoisotopic (exact) mass is 675 g/mol. The lowest BCUT2D eigenvalue weighted by atomic mass is 10.0. The van der Waals surface area contributed by atoms with Gasteiger partial charge in [0.05, 0.1) is 6.42 Å². The molecular formula is C39H41N5O6. The molecule has 0 saturated heterocycles. The Bertz CT molecular complexity index is 1960. The Kier molecular flexibility index (Phi) is 12.3. The van der Waals surface area contributed by atoms with Crippen LogP contribution in [0.4, 0.5) is 0 Å². The molecule has 11 nitrogen and oxygen atoms in total. The standard InChI is InChI=1S/C39H41N5O6/c45-35(16-17-36(46)44-34(24-37(47)48)39(50)40-20-18-26-8-2-1-3-9-26)43-33(23-30-25-42-32-13-7-6-12-31(30)32)38(49)41-21-19-27-14-15-28-10-4-5-11-29(28)22-27/h1-15,22,25,33-34,42H,16-21,23-24H2,(H,40,50)(H,41,49)(H,43,45)(H,44,46)(H,47,48)/t33-,34-/m0/s1. The molecule has 50 heavy (non-hydrogen) atoms. The van der Waals surface area contributed by atoms with Crippen molar-refractivity contribution in [3.63, 3.8) is 0 Å². The third-order valence-corrected chi connectivity index (χ3v) is 8.44. The van der Waals surface area contributed by atoms with Crippen LogP contribution in [0.25, 0.3) is 21.7 Å². The summed E-state index contributed by atoms with van der Waals surface area (Å²) in [7, 11) is 0. The topological polar surface area (TPSA) is 169 Å². The lowest BCUT2D eigenvalue weighted by molar-refractivity contribution is -0.140. The lowest BCUT2D eigenvalue weighted by Gasteiger charge is -2.19. The molecule has 5 aromatic rings. The van der Waals surface area contributed by atoms with Crippen molar-refractivity contribution in [2.75, 3.05) is 13.1 Å². The molecule has 6 N–H and O–H groups in total. The third kappa shape index (κ3) is 10.3. The number of H-pyrrole nitrogens is 1. The van der Waals surface area contributed by atoms with Crippen molar-refractivity contribution in [1.29, 1.82) is 0 Å². The number of carboxylic acids is 1. The normalized spacial score (nSPS) is 12.2. The van der Waals surface area contributed by atoms with E-state index in [1.807, 2.05) is 97.2 Å². The van der Waals surface area contributed by atoms with E-state index in [0.29, 0.717) is 19.4 Å². The van der Waals surface area contributed by atoms with Crippen molar-refractivity contribution in [2.45, 2.75) is 50.6 Å². The van der Waals surface area contributed by atoms with Crippen LogP contribution in [-0.2, 0) is 43.2 Å². The number of rotatable bonds is 17. The van der Waals surface area contributed by atoms with Crippen molar-refractivity contribution >= 4 is 51.3 Å². The fourth-order valence-corrected chi connectivity index (χ4v) is 5.82. The van der Waals surface area contributed by atoms with Crippen molar-refractivity contribution in [2.24, 2.45) is 0 Å². The van der Waals surface area contributed by atoms with Gasteiger partial charge in [-0.3, -0.25) is 24.0 Å². The van der Waals surface area contributed by atoms with Gasteiger partial charge in [0, 0.05) is 49.5 Å². The van der Waals surface area contributed by atoms with Gasteiger partial charge < -0.3 is 31.4 Å². The van der Waals surface area contributed by atoms with Crippen molar-refractivity contribution in [3.05, 3.63) is 120 Å². The smallest absolute Gasteiger partial charge is 0.305 e. The molecule has 4 amide bonds. The van der Waals surface area contributed by atoms with E-state index in [-0.39, 0.29) is 31.7 Å². The average Bonchev–Trinajstić information content (AvgIpc) is 3.53. The number of benzene rings is 4. The van der Waals surface area contributed by atoms with Crippen LogP contribution < -0.4 is 21.3 Å². The van der Waals surface area contributed by atoms with Crippen LogP contribution in [0.1, 0.15) is 36.0 Å². The summed E-state index contributed by atoms with van der Waals surface area (Å²) in [6.45, 7) is 0.623. The number of amides is 4. The maximum Gasteiger partial charge on any atom is 0.305 e. The van der Waals surface area contributed by atoms with Gasteiger partial charge in [0.2, 0.25) is 23.6 Å². The Morgan fingerprint density at radius 3 is 1.96 bits per heavy atom. The number of aromatic amines is 1. The molecule has 0 bridgehead atoms. The average molecular weight is 676 g/mol. The maximum absolute atomic E-state index is 13.5. The molecule has 11 heteroatoms. The van der Waals surface area contributed by atoms with Crippen molar-refractivity contribution in [1.82, 2.24) is 26.3 Å². The van der Waals surface area contributed by atoms with Crippen LogP contribution in [0.2, 0.25) is 0 Å². The largest absolute Gasteiger partial charge is 0.481 e. The number of fused-ring (bicyclic) bond motifs is 2. The van der Waals surface area contributed by atoms with E-state index >= 15 is 0 Å². The molecule has 5 rings (SSSR count). The summed E-state index contributed by atoms with van der Waals surface area (Å²) in [4.78, 5) is 66.7. The molecule has 0 radical (unpaired) electrons. The number of aromatic nitrogens is 1. The highest BCUT2D eigenvalue weighted by atomic mass is 16.4. The van der Waals surface area contributed by atoms with E-state index in [1.165, 1.54) is 0 Å². The highest BCUT2D eigenvalue weighted by molar-refractivity contribution is 5.93. The molecule has 0 spiro atoms. The second kappa shape index (κ2) is 17.4. The van der Waals surface area contributed by atoms with E-state index in [2.05, 4.69) is 32.3 Å². The molecule has 0 aliphatic rings. The number of aliphatic carboxylic acids is 1. The fourth-order valence-electron chi connectivity index (χ4n) is 5.82. The first-order valence-electron chi connectivity index (χ1n) is 16.7. The number of hydrogen-bond donors (Lipinski definition) is 6. The van der Waals surface area contributed by atoms with Gasteiger partial charge in [-0.15, -0.1) is 0 Å². The van der Waals surface area contributed by atoms with E-state index in [9.17, 15) is 29.1 Å². The minimum atomic E-state index is -1.30. The zero-order valence-corrected chi connectivity index (χ0v) is 27.6. The van der Waals surface area contributed by atoms with Gasteiger partial charge in [-0.05, 0) is 46.4 Å². The Labute approximate surface area is 289 Å². The van der Waals surface area contributed by atoms with Crippen LogP contribution in [0.5, 0.6) is 0 Å². The van der Waals surface area contributed by atoms with Crippen LogP contribution >= 0.6 is 0 Å². The summed E-state index contributed by atoms with van der Waals surface area (Å²) in [6.07, 6.45) is 1.99. The van der Waals surface area contributed by atoms with Crippen LogP contribution in [-0.4, -0.2) is 64.9 Å². The third-order valence-electron chi connectivity index (χ3n) is 8.44. The summed E-state index contributed by atoms with van der Waals surface area (Å²) < 4.78 is 0. The summed E-state index contributed by atoms with van der Waals surface area (Å²) >= 11 is 0. The Morgan fingerprint density at radius 1 is 0.640 bits per heavy atom. The number of carboxylic acid groups (broad SMARTS) is 1. The number of para-hydroxylation sites is 1. The van der Waals surface area contributed by atoms with Gasteiger partial charge >= 0.3 is 5.97 Å². The van der Waals surface area contributed by atoms with Crippen LogP contribution in [0, 0.1) is 0 Å². The van der Waals surface area contributed by atoms with Gasteiger partial charge in [-0.25, -0.2) is 0 Å². The summed E-state index contributed by atoms with van der Waals surface area (Å²) in [6, 6.07) is 29.1. The first kappa shape index (κ1) is 35.3. The minimum absolute atomic E-state index is 0.216. The highest BCUT2D eigenvalue weighted by Gasteiger charge is 2.25. The maximum atomic E-state index is 13.5. The number of nitrogens with one attached hydrogen (secondary N) is 5. The zero-order chi connectivity index (χ0) is 35.3. The van der Waals surface area contributed by atoms with E-state index in [4.69, 9.17) is 0 Å². The van der Waals surface area contributed by atoms with E-state index in [0.717, 1.165) is 38.4 Å². The van der Waals surface area contributed by atoms with Crippen molar-refractivity contribution in [3.8, 4) is 0 Å². The SMILES string of the molecule is O=C(O)C[C@H](NC(=O)CCC(=O)N[C@@H](Cc1c[nH]c2ccccc12)C(=O)NCCc1ccc2ccccc2c1)C(=O)NCCc1ccccc1. The molecule has 0 saturated carbocycles. The van der Waals surface area contributed by atoms with Gasteiger partial charge in [0.1, 0.15) is 12.1 Å². The lowest BCUT2D eigenvalue weighted by Crippen LogP contribution is -2.49. The Morgan fingerprint density at radius 2 is 1.24 bits per heavy atom. The number of carbonyl (C=O) groups excluding carboxylic acids is 4. The molecule has 0 aliphatic carbocycles. The van der Waals surface area contributed by atoms with E-state index in [1.54, 1.807) is 0 Å². The predicted molar refractivity (Wildman–Crippen MR) is 191 cm³/mol. The minimum Gasteiger partial charge on any atom is -0.481 e. The summed E-state index contributed by atoms with van der Waals surface area (Å²) in [5.41, 5.74) is 3.82. The van der Waals surface area contributed by atoms with Gasteiger partial charge in [-0.1, -0.05) is 91.0 Å². The molecule has 0 unspecified atom stereocenters. The van der Waals surface area contributed by atoms with Crippen LogP contribution in [0.3, 0.4) is 0 Å². The number of carbonyl (C=O) groups is 5. The molecule has 1 aromatic heterocycles. The van der Waals surface area contributed by atoms with Gasteiger partial charge in [-0.2, -0.15) is 0 Å². The van der Waals surface area contributed by atoms with Gasteiger partial charge in [0.15, 0.2) is 0 Å². The number of hydrogen-bond acceptors (Lipinski definition) is 5. The highest BCUT2D eigenvalue weighted by Crippen LogP contribution is 2.20. The first-order chi connectivity index (χ1) is 24.2. The molecule has 2 atom stereocenters.